The molecule has 0 saturated heterocycles. The third-order valence-electron chi connectivity index (χ3n) is 13.9. The Hall–Kier alpha value is -9.18. The van der Waals surface area contributed by atoms with Crippen LogP contribution in [-0.4, -0.2) is 187 Å². The standard InChI is InChI=1S/3C24H31NO6/c3*1-25(2)16-21(31-24(28)14-13-23(26)27)17-30-22-10-5-4-8-19(22)12-11-18-7-6-9-20(15-18)29-3/h3*4-10,15,21H,11-14,16-17H2,1-3H3,(H,26,27)/t2*21-;/m10./s1. The minimum absolute atomic E-state index is 0.156. The van der Waals surface area contributed by atoms with E-state index in [1.807, 2.05) is 184 Å². The van der Waals surface area contributed by atoms with E-state index in [1.54, 1.807) is 21.3 Å². The molecule has 0 radical (unpaired) electrons. The van der Waals surface area contributed by atoms with Crippen LogP contribution < -0.4 is 28.4 Å². The lowest BCUT2D eigenvalue weighted by molar-refractivity contribution is -0.154. The molecule has 0 aliphatic rings. The van der Waals surface area contributed by atoms with Gasteiger partial charge < -0.3 is 72.7 Å². The van der Waals surface area contributed by atoms with Gasteiger partial charge in [-0.3, -0.25) is 28.8 Å². The summed E-state index contributed by atoms with van der Waals surface area (Å²) < 4.78 is 50.2. The molecule has 93 heavy (non-hydrogen) atoms. The summed E-state index contributed by atoms with van der Waals surface area (Å²) in [6.07, 6.45) is 2.18. The molecule has 0 aliphatic carbocycles. The number of esters is 3. The number of carbonyl (C=O) groups excluding carboxylic acids is 3. The summed E-state index contributed by atoms with van der Waals surface area (Å²) in [7, 11) is 16.2. The summed E-state index contributed by atoms with van der Waals surface area (Å²) in [6, 6.07) is 47.3. The average molecular weight is 1290 g/mol. The van der Waals surface area contributed by atoms with Gasteiger partial charge in [-0.25, -0.2) is 0 Å². The SMILES string of the molecule is COc1cccc(CCc2ccccc2OCC(CN(C)C)OC(=O)CCC(=O)O)c1.COc1cccc(CCc2ccccc2OC[C@@H](CN(C)C)OC(=O)CCC(=O)O)c1.COc1cccc(CCc2ccccc2OC[C@H](CN(C)C)OC(=O)CCC(=O)O)c1. The molecule has 21 heteroatoms. The van der Waals surface area contributed by atoms with Gasteiger partial charge in [0, 0.05) is 19.6 Å². The highest BCUT2D eigenvalue weighted by atomic mass is 16.6. The predicted molar refractivity (Wildman–Crippen MR) is 353 cm³/mol. The molecule has 1 unspecified atom stereocenters. The Morgan fingerprint density at radius 3 is 0.839 bits per heavy atom. The van der Waals surface area contributed by atoms with E-state index in [4.69, 9.17) is 58.0 Å². The first kappa shape index (κ1) is 76.3. The second-order valence-electron chi connectivity index (χ2n) is 22.6. The molecule has 6 aromatic carbocycles. The molecule has 0 spiro atoms. The van der Waals surface area contributed by atoms with E-state index in [-0.39, 0.29) is 58.3 Å². The Morgan fingerprint density at radius 2 is 0.602 bits per heavy atom. The van der Waals surface area contributed by atoms with Crippen LogP contribution in [0.4, 0.5) is 0 Å². The number of methoxy groups -OCH3 is 3. The molecule has 0 aromatic heterocycles. The Bertz CT molecular complexity index is 2890. The third kappa shape index (κ3) is 32.6. The first-order chi connectivity index (χ1) is 44.6. The van der Waals surface area contributed by atoms with Gasteiger partial charge in [0.25, 0.3) is 0 Å². The molecule has 0 amide bonds. The fourth-order valence-corrected chi connectivity index (χ4v) is 9.38. The number of rotatable bonds is 39. The van der Waals surface area contributed by atoms with E-state index in [0.717, 1.165) is 89.7 Å². The summed E-state index contributed by atoms with van der Waals surface area (Å²) in [5.74, 6) is 0.0430. The lowest BCUT2D eigenvalue weighted by atomic mass is 10.0. The molecule has 504 valence electrons. The molecule has 6 rings (SSSR count). The highest BCUT2D eigenvalue weighted by molar-refractivity contribution is 5.77. The summed E-state index contributed by atoms with van der Waals surface area (Å²) in [5, 5.41) is 26.2. The Balaban J connectivity index is 0.000000297. The molecule has 3 atom stereocenters. The number of hydrogen-bond acceptors (Lipinski definition) is 18. The van der Waals surface area contributed by atoms with Crippen LogP contribution in [0.3, 0.4) is 0 Å². The van der Waals surface area contributed by atoms with Gasteiger partial charge in [0.2, 0.25) is 0 Å². The number of hydrogen-bond donors (Lipinski definition) is 3. The number of ether oxygens (including phenoxy) is 9. The van der Waals surface area contributed by atoms with Gasteiger partial charge in [-0.05, 0) is 169 Å². The Labute approximate surface area is 547 Å². The van der Waals surface area contributed by atoms with Crippen molar-refractivity contribution in [2.45, 2.75) is 95.4 Å². The van der Waals surface area contributed by atoms with Crippen LogP contribution in [0.5, 0.6) is 34.5 Å². The summed E-state index contributed by atoms with van der Waals surface area (Å²) >= 11 is 0. The summed E-state index contributed by atoms with van der Waals surface area (Å²) in [6.45, 7) is 1.99. The molecule has 0 heterocycles. The van der Waals surface area contributed by atoms with Crippen molar-refractivity contribution in [1.29, 1.82) is 0 Å². The minimum atomic E-state index is -1.03. The second-order valence-corrected chi connectivity index (χ2v) is 22.6. The number of likely N-dealkylation sites (N-methyl/N-ethyl adjacent to an activating group) is 3. The van der Waals surface area contributed by atoms with Crippen molar-refractivity contribution in [2.24, 2.45) is 0 Å². The number of aryl methyl sites for hydroxylation is 6. The van der Waals surface area contributed by atoms with E-state index < -0.39 is 54.1 Å². The Kier molecular flexibility index (Phi) is 35.1. The van der Waals surface area contributed by atoms with Crippen molar-refractivity contribution in [3.05, 3.63) is 179 Å². The zero-order valence-electron chi connectivity index (χ0n) is 55.1. The first-order valence-electron chi connectivity index (χ1n) is 30.8. The predicted octanol–water partition coefficient (Wildman–Crippen LogP) is 9.59. The maximum absolute atomic E-state index is 12.0. The molecule has 0 saturated carbocycles. The van der Waals surface area contributed by atoms with Gasteiger partial charge in [-0.15, -0.1) is 0 Å². The fraction of sp³-hybridized carbons (Fsp3) is 0.417. The van der Waals surface area contributed by atoms with E-state index in [2.05, 4.69) is 18.2 Å². The van der Waals surface area contributed by atoms with Crippen LogP contribution in [0, 0.1) is 0 Å². The van der Waals surface area contributed by atoms with Crippen LogP contribution in [0.1, 0.15) is 71.9 Å². The number of carbonyl (C=O) groups is 6. The van der Waals surface area contributed by atoms with Crippen LogP contribution in [0.2, 0.25) is 0 Å². The second kappa shape index (κ2) is 42.8. The van der Waals surface area contributed by atoms with Gasteiger partial charge in [0.1, 0.15) is 72.6 Å². The minimum Gasteiger partial charge on any atom is -0.497 e. The maximum Gasteiger partial charge on any atom is 0.306 e. The quantitative estimate of drug-likeness (QED) is 0.0240. The molecule has 0 bridgehead atoms. The molecule has 21 nitrogen and oxygen atoms in total. The van der Waals surface area contributed by atoms with Crippen molar-refractivity contribution >= 4 is 35.8 Å². The summed E-state index contributed by atoms with van der Waals surface area (Å²) in [5.41, 5.74) is 6.70. The Morgan fingerprint density at radius 1 is 0.344 bits per heavy atom. The molecule has 6 aromatic rings. The number of carboxylic acids is 3. The molecular weight excluding hydrogens is 1190 g/mol. The van der Waals surface area contributed by atoms with Crippen LogP contribution in [0.25, 0.3) is 0 Å². The lowest BCUT2D eigenvalue weighted by Crippen LogP contribution is -2.35. The van der Waals surface area contributed by atoms with E-state index in [9.17, 15) is 28.8 Å². The van der Waals surface area contributed by atoms with Gasteiger partial charge in [-0.1, -0.05) is 91.0 Å². The van der Waals surface area contributed by atoms with Crippen molar-refractivity contribution in [3.8, 4) is 34.5 Å². The molecule has 3 N–H and O–H groups in total. The van der Waals surface area contributed by atoms with Crippen LogP contribution in [0.15, 0.2) is 146 Å². The molecule has 0 fully saturated rings. The third-order valence-corrected chi connectivity index (χ3v) is 13.9. The molecule has 0 aliphatic heterocycles. The van der Waals surface area contributed by atoms with Gasteiger partial charge in [0.15, 0.2) is 0 Å². The first-order valence-corrected chi connectivity index (χ1v) is 30.8. The van der Waals surface area contributed by atoms with Crippen molar-refractivity contribution in [3.63, 3.8) is 0 Å². The largest absolute Gasteiger partial charge is 0.497 e. The number of para-hydroxylation sites is 3. The fourth-order valence-electron chi connectivity index (χ4n) is 9.38. The molecular formula is C72H93N3O18. The topological polar surface area (TPSA) is 256 Å². The number of benzene rings is 6. The highest BCUT2D eigenvalue weighted by Gasteiger charge is 2.22. The average Bonchev–Trinajstić information content (AvgIpc) is 2.01. The summed E-state index contributed by atoms with van der Waals surface area (Å²) in [4.78, 5) is 73.6. The van der Waals surface area contributed by atoms with E-state index >= 15 is 0 Å². The lowest BCUT2D eigenvalue weighted by Gasteiger charge is -2.22. The maximum atomic E-state index is 12.0. The van der Waals surface area contributed by atoms with Crippen molar-refractivity contribution < 1.29 is 86.7 Å². The van der Waals surface area contributed by atoms with Crippen molar-refractivity contribution in [1.82, 2.24) is 14.7 Å². The van der Waals surface area contributed by atoms with Gasteiger partial charge in [0.05, 0.1) is 59.9 Å². The van der Waals surface area contributed by atoms with Gasteiger partial charge >= 0.3 is 35.8 Å². The van der Waals surface area contributed by atoms with Gasteiger partial charge in [-0.2, -0.15) is 0 Å². The zero-order chi connectivity index (χ0) is 67.9. The monoisotopic (exact) mass is 1290 g/mol. The normalized spacial score (nSPS) is 11.7. The van der Waals surface area contributed by atoms with E-state index in [1.165, 1.54) is 16.7 Å². The number of aliphatic carboxylic acids is 3. The van der Waals surface area contributed by atoms with E-state index in [0.29, 0.717) is 19.6 Å². The number of nitrogens with zero attached hydrogens (tertiary/aromatic N) is 3. The smallest absolute Gasteiger partial charge is 0.306 e. The highest BCUT2D eigenvalue weighted by Crippen LogP contribution is 2.26. The zero-order valence-corrected chi connectivity index (χ0v) is 55.1. The van der Waals surface area contributed by atoms with Crippen LogP contribution in [-0.2, 0) is 81.5 Å². The van der Waals surface area contributed by atoms with Crippen LogP contribution >= 0.6 is 0 Å². The number of carboxylic acid groups (broad SMARTS) is 3. The van der Waals surface area contributed by atoms with Crippen molar-refractivity contribution in [2.75, 3.05) is 103 Å².